The lowest BCUT2D eigenvalue weighted by atomic mass is 10.3. The van der Waals surface area contributed by atoms with E-state index in [1.165, 1.54) is 0 Å². The number of benzene rings is 2. The Kier molecular flexibility index (Phi) is 4.85. The Morgan fingerprint density at radius 2 is 1.17 bits per heavy atom. The van der Waals surface area contributed by atoms with Gasteiger partial charge in [-0.25, -0.2) is 0 Å². The summed E-state index contributed by atoms with van der Waals surface area (Å²) in [5.41, 5.74) is 1.77. The van der Waals surface area contributed by atoms with Gasteiger partial charge in [0, 0.05) is 11.4 Å². The van der Waals surface area contributed by atoms with E-state index in [9.17, 15) is 0 Å². The van der Waals surface area contributed by atoms with Crippen molar-refractivity contribution in [3.63, 3.8) is 0 Å². The van der Waals surface area contributed by atoms with Gasteiger partial charge in [-0.1, -0.05) is 42.3 Å². The van der Waals surface area contributed by atoms with Gasteiger partial charge in [0.15, 0.2) is 0 Å². The molecule has 0 spiro atoms. The van der Waals surface area contributed by atoms with Crippen LogP contribution in [0.3, 0.4) is 0 Å². The molecule has 1 aromatic heterocycles. The minimum Gasteiger partial charge on any atom is -0.343 e. The molecule has 3 rings (SSSR count). The highest BCUT2D eigenvalue weighted by atomic mass is 15.3. The zero-order chi connectivity index (χ0) is 16.6. The molecular formula is C18H16N6. The summed E-state index contributed by atoms with van der Waals surface area (Å²) >= 11 is 0. The number of anilines is 5. The SMILES string of the molecule is C#CCNc1nc(Nc2ccccc2)nc(Nc2ccccc2)n1. The number of rotatable bonds is 6. The Bertz CT molecular complexity index is 767. The molecule has 0 fully saturated rings. The summed E-state index contributed by atoms with van der Waals surface area (Å²) in [4.78, 5) is 13.1. The van der Waals surface area contributed by atoms with Gasteiger partial charge < -0.3 is 16.0 Å². The van der Waals surface area contributed by atoms with Gasteiger partial charge in [0.1, 0.15) is 0 Å². The quantitative estimate of drug-likeness (QED) is 0.605. The summed E-state index contributed by atoms with van der Waals surface area (Å²) in [6.07, 6.45) is 5.28. The second kappa shape index (κ2) is 7.61. The number of hydrogen-bond donors (Lipinski definition) is 3. The Hall–Kier alpha value is -3.59. The Balaban J connectivity index is 1.87. The molecule has 118 valence electrons. The topological polar surface area (TPSA) is 74.8 Å². The molecule has 2 aromatic carbocycles. The molecule has 0 bridgehead atoms. The number of para-hydroxylation sites is 2. The summed E-state index contributed by atoms with van der Waals surface area (Å²) in [5, 5.41) is 9.27. The van der Waals surface area contributed by atoms with Gasteiger partial charge in [-0.3, -0.25) is 0 Å². The first kappa shape index (κ1) is 15.3. The van der Waals surface area contributed by atoms with Crippen LogP contribution >= 0.6 is 0 Å². The molecule has 0 amide bonds. The minimum absolute atomic E-state index is 0.333. The molecule has 0 saturated heterocycles. The summed E-state index contributed by atoms with van der Waals surface area (Å²) in [5.74, 6) is 3.76. The monoisotopic (exact) mass is 316 g/mol. The van der Waals surface area contributed by atoms with Gasteiger partial charge in [0.05, 0.1) is 6.54 Å². The number of nitrogens with one attached hydrogen (secondary N) is 3. The van der Waals surface area contributed by atoms with Crippen molar-refractivity contribution < 1.29 is 0 Å². The van der Waals surface area contributed by atoms with Crippen molar-refractivity contribution in [1.29, 1.82) is 0 Å². The van der Waals surface area contributed by atoms with E-state index in [1.54, 1.807) is 0 Å². The number of hydrogen-bond acceptors (Lipinski definition) is 6. The fourth-order valence-corrected chi connectivity index (χ4v) is 2.00. The van der Waals surface area contributed by atoms with Crippen LogP contribution in [0.2, 0.25) is 0 Å². The zero-order valence-corrected chi connectivity index (χ0v) is 12.9. The third-order valence-corrected chi connectivity index (χ3v) is 3.04. The van der Waals surface area contributed by atoms with Crippen molar-refractivity contribution in [3.05, 3.63) is 60.7 Å². The molecule has 6 heteroatoms. The van der Waals surface area contributed by atoms with Crippen molar-refractivity contribution in [2.75, 3.05) is 22.5 Å². The standard InChI is InChI=1S/C18H16N6/c1-2-13-19-16-22-17(20-14-9-5-3-6-10-14)24-18(23-16)21-15-11-7-4-8-12-15/h1,3-12H,13H2,(H3,19,20,21,22,23,24). The molecular weight excluding hydrogens is 300 g/mol. The predicted molar refractivity (Wildman–Crippen MR) is 96.6 cm³/mol. The summed E-state index contributed by atoms with van der Waals surface area (Å²) in [6, 6.07) is 19.4. The van der Waals surface area contributed by atoms with Gasteiger partial charge in [-0.2, -0.15) is 15.0 Å². The van der Waals surface area contributed by atoms with Crippen LogP contribution in [-0.2, 0) is 0 Å². The molecule has 1 heterocycles. The Morgan fingerprint density at radius 3 is 1.62 bits per heavy atom. The molecule has 0 aliphatic heterocycles. The van der Waals surface area contributed by atoms with Crippen molar-refractivity contribution in [1.82, 2.24) is 15.0 Å². The largest absolute Gasteiger partial charge is 0.343 e. The fourth-order valence-electron chi connectivity index (χ4n) is 2.00. The van der Waals surface area contributed by atoms with Crippen molar-refractivity contribution in [2.24, 2.45) is 0 Å². The van der Waals surface area contributed by atoms with Crippen LogP contribution < -0.4 is 16.0 Å². The molecule has 0 radical (unpaired) electrons. The molecule has 3 aromatic rings. The molecule has 0 atom stereocenters. The maximum Gasteiger partial charge on any atom is 0.233 e. The van der Waals surface area contributed by atoms with Crippen molar-refractivity contribution in [2.45, 2.75) is 0 Å². The highest BCUT2D eigenvalue weighted by molar-refractivity contribution is 5.59. The highest BCUT2D eigenvalue weighted by Gasteiger charge is 2.07. The highest BCUT2D eigenvalue weighted by Crippen LogP contribution is 2.18. The molecule has 0 saturated carbocycles. The first-order chi connectivity index (χ1) is 11.8. The fraction of sp³-hybridized carbons (Fsp3) is 0.0556. The van der Waals surface area contributed by atoms with Crippen LogP contribution in [0.15, 0.2) is 60.7 Å². The van der Waals surface area contributed by atoms with Gasteiger partial charge >= 0.3 is 0 Å². The predicted octanol–water partition coefficient (Wildman–Crippen LogP) is 3.40. The van der Waals surface area contributed by atoms with Crippen LogP contribution in [-0.4, -0.2) is 21.5 Å². The number of aromatic nitrogens is 3. The van der Waals surface area contributed by atoms with E-state index < -0.39 is 0 Å². The summed E-state index contributed by atoms with van der Waals surface area (Å²) in [6.45, 7) is 0.333. The number of nitrogens with zero attached hydrogens (tertiary/aromatic N) is 3. The average molecular weight is 316 g/mol. The van der Waals surface area contributed by atoms with Crippen LogP contribution in [0.4, 0.5) is 29.2 Å². The summed E-state index contributed by atoms with van der Waals surface area (Å²) in [7, 11) is 0. The van der Waals surface area contributed by atoms with Crippen LogP contribution in [0, 0.1) is 12.3 Å². The minimum atomic E-state index is 0.333. The molecule has 0 aliphatic rings. The maximum atomic E-state index is 5.28. The third kappa shape index (κ3) is 4.21. The Labute approximate surface area is 140 Å². The Morgan fingerprint density at radius 1 is 0.708 bits per heavy atom. The lowest BCUT2D eigenvalue weighted by Crippen LogP contribution is -2.09. The molecule has 3 N–H and O–H groups in total. The van der Waals surface area contributed by atoms with E-state index in [2.05, 4.69) is 36.8 Å². The van der Waals surface area contributed by atoms with Gasteiger partial charge in [-0.15, -0.1) is 6.42 Å². The van der Waals surface area contributed by atoms with Crippen molar-refractivity contribution >= 4 is 29.2 Å². The first-order valence-corrected chi connectivity index (χ1v) is 7.41. The van der Waals surface area contributed by atoms with E-state index in [0.29, 0.717) is 24.4 Å². The van der Waals surface area contributed by atoms with E-state index in [1.807, 2.05) is 60.7 Å². The molecule has 0 aliphatic carbocycles. The molecule has 6 nitrogen and oxygen atoms in total. The second-order valence-electron chi connectivity index (χ2n) is 4.85. The number of terminal acetylenes is 1. The lowest BCUT2D eigenvalue weighted by Gasteiger charge is -2.10. The van der Waals surface area contributed by atoms with E-state index >= 15 is 0 Å². The van der Waals surface area contributed by atoms with Gasteiger partial charge in [-0.05, 0) is 24.3 Å². The van der Waals surface area contributed by atoms with Crippen LogP contribution in [0.1, 0.15) is 0 Å². The second-order valence-corrected chi connectivity index (χ2v) is 4.85. The average Bonchev–Trinajstić information content (AvgIpc) is 2.61. The van der Waals surface area contributed by atoms with Crippen molar-refractivity contribution in [3.8, 4) is 12.3 Å². The van der Waals surface area contributed by atoms with E-state index in [0.717, 1.165) is 11.4 Å². The van der Waals surface area contributed by atoms with Gasteiger partial charge in [0.2, 0.25) is 17.8 Å². The van der Waals surface area contributed by atoms with E-state index in [4.69, 9.17) is 6.42 Å². The molecule has 24 heavy (non-hydrogen) atoms. The summed E-state index contributed by atoms with van der Waals surface area (Å²) < 4.78 is 0. The normalized spacial score (nSPS) is 9.79. The third-order valence-electron chi connectivity index (χ3n) is 3.04. The smallest absolute Gasteiger partial charge is 0.233 e. The first-order valence-electron chi connectivity index (χ1n) is 7.41. The molecule has 0 unspecified atom stereocenters. The maximum absolute atomic E-state index is 5.28. The lowest BCUT2D eigenvalue weighted by molar-refractivity contribution is 1.05. The van der Waals surface area contributed by atoms with Crippen LogP contribution in [0.25, 0.3) is 0 Å². The van der Waals surface area contributed by atoms with E-state index in [-0.39, 0.29) is 0 Å². The van der Waals surface area contributed by atoms with Gasteiger partial charge in [0.25, 0.3) is 0 Å². The van der Waals surface area contributed by atoms with Crippen LogP contribution in [0.5, 0.6) is 0 Å². The zero-order valence-electron chi connectivity index (χ0n) is 12.9.